The van der Waals surface area contributed by atoms with Gasteiger partial charge >= 0.3 is 0 Å². The average Bonchev–Trinajstić information content (AvgIpc) is 3.71. The fraction of sp³-hybridized carbons (Fsp3) is 0.522. The van der Waals surface area contributed by atoms with E-state index in [1.165, 1.54) is 18.4 Å². The van der Waals surface area contributed by atoms with Crippen LogP contribution in [-0.2, 0) is 0 Å². The molecule has 0 amide bonds. The first-order valence-electron chi connectivity index (χ1n) is 11.3. The number of nitrogens with zero attached hydrogens (tertiary/aromatic N) is 4. The van der Waals surface area contributed by atoms with E-state index in [0.717, 1.165) is 53.7 Å². The Morgan fingerprint density at radius 3 is 2.71 bits per heavy atom. The number of ether oxygens (including phenoxy) is 1. The lowest BCUT2D eigenvalue weighted by Gasteiger charge is -2.28. The van der Waals surface area contributed by atoms with Crippen LogP contribution >= 0.6 is 0 Å². The fourth-order valence-electron chi connectivity index (χ4n) is 4.46. The predicted molar refractivity (Wildman–Crippen MR) is 117 cm³/mol. The molecule has 8 heteroatoms. The predicted octanol–water partition coefficient (Wildman–Crippen LogP) is 3.67. The number of pyridine rings is 1. The third-order valence-electron chi connectivity index (χ3n) is 6.56. The van der Waals surface area contributed by atoms with E-state index < -0.39 is 6.17 Å². The fourth-order valence-corrected chi connectivity index (χ4v) is 4.46. The van der Waals surface area contributed by atoms with Gasteiger partial charge in [0.15, 0.2) is 5.65 Å². The second-order valence-electron chi connectivity index (χ2n) is 8.99. The molecule has 0 radical (unpaired) electrons. The molecule has 0 spiro atoms. The Morgan fingerprint density at radius 2 is 1.97 bits per heavy atom. The van der Waals surface area contributed by atoms with Crippen LogP contribution in [-0.4, -0.2) is 52.0 Å². The van der Waals surface area contributed by atoms with Crippen LogP contribution < -0.4 is 15.4 Å². The molecule has 4 heterocycles. The van der Waals surface area contributed by atoms with Gasteiger partial charge in [0.1, 0.15) is 29.1 Å². The van der Waals surface area contributed by atoms with Crippen molar-refractivity contribution in [2.45, 2.75) is 56.2 Å². The van der Waals surface area contributed by atoms with Crippen molar-refractivity contribution in [3.05, 3.63) is 35.7 Å². The monoisotopic (exact) mass is 422 g/mol. The lowest BCUT2D eigenvalue weighted by atomic mass is 10.0. The molecule has 3 aromatic rings. The normalized spacial score (nSPS) is 23.8. The minimum Gasteiger partial charge on any atom is -0.495 e. The van der Waals surface area contributed by atoms with Crippen LogP contribution in [0.3, 0.4) is 0 Å². The molecule has 7 nitrogen and oxygen atoms in total. The summed E-state index contributed by atoms with van der Waals surface area (Å²) < 4.78 is 21.9. The van der Waals surface area contributed by atoms with Crippen molar-refractivity contribution in [3.8, 4) is 17.1 Å². The summed E-state index contributed by atoms with van der Waals surface area (Å²) in [6.07, 6.45) is 6.13. The highest BCUT2D eigenvalue weighted by Crippen LogP contribution is 2.44. The molecule has 2 atom stereocenters. The number of hydrogen-bond donors (Lipinski definition) is 2. The molecule has 1 saturated heterocycles. The molecule has 6 rings (SSSR count). The molecule has 3 aromatic heterocycles. The van der Waals surface area contributed by atoms with Gasteiger partial charge in [-0.2, -0.15) is 5.10 Å². The number of anilines is 1. The Kier molecular flexibility index (Phi) is 4.56. The van der Waals surface area contributed by atoms with E-state index in [2.05, 4.69) is 27.8 Å². The maximum absolute atomic E-state index is 14.4. The van der Waals surface area contributed by atoms with Crippen molar-refractivity contribution in [3.63, 3.8) is 0 Å². The molecular formula is C23H27FN6O. The number of methoxy groups -OCH3 is 1. The van der Waals surface area contributed by atoms with Crippen LogP contribution in [0.4, 0.5) is 10.2 Å². The number of fused-ring (bicyclic) bond motifs is 1. The third kappa shape index (κ3) is 3.63. The zero-order valence-corrected chi connectivity index (χ0v) is 17.6. The molecule has 2 saturated carbocycles. The van der Waals surface area contributed by atoms with Crippen LogP contribution in [0.15, 0.2) is 24.4 Å². The summed E-state index contributed by atoms with van der Waals surface area (Å²) in [6.45, 7) is 1.33. The van der Waals surface area contributed by atoms with Crippen LogP contribution in [0.1, 0.15) is 55.2 Å². The third-order valence-corrected chi connectivity index (χ3v) is 6.56. The van der Waals surface area contributed by atoms with Crippen molar-refractivity contribution >= 4 is 11.5 Å². The first kappa shape index (κ1) is 19.0. The van der Waals surface area contributed by atoms with E-state index in [1.807, 2.05) is 16.8 Å². The van der Waals surface area contributed by atoms with Gasteiger partial charge in [0, 0.05) is 18.5 Å². The highest BCUT2D eigenvalue weighted by Gasteiger charge is 2.31. The number of halogens is 1. The largest absolute Gasteiger partial charge is 0.495 e. The van der Waals surface area contributed by atoms with Crippen molar-refractivity contribution < 1.29 is 9.13 Å². The van der Waals surface area contributed by atoms with E-state index in [0.29, 0.717) is 24.8 Å². The smallest absolute Gasteiger partial charge is 0.157 e. The van der Waals surface area contributed by atoms with Crippen molar-refractivity contribution in [1.82, 2.24) is 24.9 Å². The summed E-state index contributed by atoms with van der Waals surface area (Å²) in [4.78, 5) is 9.42. The molecule has 3 fully saturated rings. The molecule has 162 valence electrons. The molecule has 2 unspecified atom stereocenters. The summed E-state index contributed by atoms with van der Waals surface area (Å²) in [5, 5.41) is 11.5. The van der Waals surface area contributed by atoms with Crippen LogP contribution in [0.2, 0.25) is 0 Å². The highest BCUT2D eigenvalue weighted by atomic mass is 19.1. The molecular weight excluding hydrogens is 395 g/mol. The van der Waals surface area contributed by atoms with Gasteiger partial charge in [-0.3, -0.25) is 0 Å². The van der Waals surface area contributed by atoms with Gasteiger partial charge in [0.25, 0.3) is 0 Å². The summed E-state index contributed by atoms with van der Waals surface area (Å²) in [7, 11) is 1.68. The molecule has 0 bridgehead atoms. The van der Waals surface area contributed by atoms with Gasteiger partial charge in [0.05, 0.1) is 25.0 Å². The zero-order valence-electron chi connectivity index (χ0n) is 17.6. The van der Waals surface area contributed by atoms with Gasteiger partial charge in [-0.1, -0.05) is 0 Å². The molecule has 31 heavy (non-hydrogen) atoms. The number of imidazole rings is 1. The minimum absolute atomic E-state index is 0.269. The molecule has 2 aliphatic carbocycles. The second kappa shape index (κ2) is 7.44. The van der Waals surface area contributed by atoms with E-state index in [9.17, 15) is 4.39 Å². The minimum atomic E-state index is -0.873. The summed E-state index contributed by atoms with van der Waals surface area (Å²) in [6, 6.07) is 5.91. The van der Waals surface area contributed by atoms with Crippen molar-refractivity contribution in [2.75, 3.05) is 25.5 Å². The van der Waals surface area contributed by atoms with Gasteiger partial charge < -0.3 is 15.4 Å². The Bertz CT molecular complexity index is 1120. The van der Waals surface area contributed by atoms with E-state index in [4.69, 9.17) is 14.8 Å². The Balaban J connectivity index is 1.41. The van der Waals surface area contributed by atoms with Crippen LogP contribution in [0.5, 0.6) is 5.75 Å². The Hall–Kier alpha value is -2.74. The van der Waals surface area contributed by atoms with Crippen molar-refractivity contribution in [2.24, 2.45) is 0 Å². The molecule has 2 N–H and O–H groups in total. The number of nitrogens with one attached hydrogen (secondary N) is 2. The zero-order chi connectivity index (χ0) is 20.9. The lowest BCUT2D eigenvalue weighted by Crippen LogP contribution is -2.46. The second-order valence-corrected chi connectivity index (χ2v) is 8.99. The van der Waals surface area contributed by atoms with Gasteiger partial charge in [-0.05, 0) is 62.3 Å². The van der Waals surface area contributed by atoms with Crippen LogP contribution in [0, 0.1) is 0 Å². The SMILES string of the molecule is COc1cc2ncc(-c3cc(C4CC4)cc(NC4CNCCC4F)n3)n2nc1C1CC1. The van der Waals surface area contributed by atoms with Crippen molar-refractivity contribution in [1.29, 1.82) is 0 Å². The number of aromatic nitrogens is 4. The lowest BCUT2D eigenvalue weighted by molar-refractivity contribution is 0.241. The number of rotatable bonds is 6. The van der Waals surface area contributed by atoms with E-state index >= 15 is 0 Å². The van der Waals surface area contributed by atoms with Gasteiger partial charge in [-0.25, -0.2) is 18.9 Å². The number of piperidine rings is 1. The molecule has 1 aliphatic heterocycles. The molecule has 0 aromatic carbocycles. The highest BCUT2D eigenvalue weighted by molar-refractivity contribution is 5.64. The Labute approximate surface area is 180 Å². The average molecular weight is 423 g/mol. The summed E-state index contributed by atoms with van der Waals surface area (Å²) in [5.74, 6) is 2.54. The summed E-state index contributed by atoms with van der Waals surface area (Å²) >= 11 is 0. The van der Waals surface area contributed by atoms with Crippen LogP contribution in [0.25, 0.3) is 17.0 Å². The standard InChI is InChI=1S/C23H27FN6O/c1-31-20-10-22-26-12-19(30(22)29-23(20)14-4-5-14)17-8-15(13-2-3-13)9-21(27-17)28-18-11-25-7-6-16(18)24/h8-10,12-14,16,18,25H,2-7,11H2,1H3,(H,27,28). The first-order valence-corrected chi connectivity index (χ1v) is 11.3. The maximum Gasteiger partial charge on any atom is 0.157 e. The maximum atomic E-state index is 14.4. The first-order chi connectivity index (χ1) is 15.2. The quantitative estimate of drug-likeness (QED) is 0.631. The number of hydrogen-bond acceptors (Lipinski definition) is 6. The molecule has 3 aliphatic rings. The van der Waals surface area contributed by atoms with E-state index in [1.54, 1.807) is 7.11 Å². The Morgan fingerprint density at radius 1 is 1.13 bits per heavy atom. The van der Waals surface area contributed by atoms with Gasteiger partial charge in [-0.15, -0.1) is 0 Å². The number of alkyl halides is 1. The summed E-state index contributed by atoms with van der Waals surface area (Å²) in [5.41, 5.74) is 4.64. The van der Waals surface area contributed by atoms with Gasteiger partial charge in [0.2, 0.25) is 0 Å². The topological polar surface area (TPSA) is 76.4 Å². The van der Waals surface area contributed by atoms with E-state index in [-0.39, 0.29) is 6.04 Å².